The van der Waals surface area contributed by atoms with Crippen LogP contribution in [-0.4, -0.2) is 19.2 Å². The van der Waals surface area contributed by atoms with Crippen molar-refractivity contribution in [1.82, 2.24) is 0 Å². The molecule has 3 nitrogen and oxygen atoms in total. The minimum absolute atomic E-state index is 0.212. The molecule has 0 aliphatic rings. The number of rotatable bonds is 8. The number of carbonyl (C=O) groups is 1. The number of fused-ring (bicyclic) bond motifs is 2. The molecule has 0 spiro atoms. The fourth-order valence-corrected chi connectivity index (χ4v) is 7.75. The van der Waals surface area contributed by atoms with Gasteiger partial charge in [0.1, 0.15) is 5.75 Å². The van der Waals surface area contributed by atoms with Crippen molar-refractivity contribution in [3.8, 4) is 16.9 Å². The second kappa shape index (κ2) is 12.1. The Labute approximate surface area is 256 Å². The van der Waals surface area contributed by atoms with Crippen LogP contribution in [-0.2, 0) is 16.0 Å². The molecule has 0 saturated carbocycles. The van der Waals surface area contributed by atoms with Crippen molar-refractivity contribution in [3.63, 3.8) is 0 Å². The summed E-state index contributed by atoms with van der Waals surface area (Å²) < 4.78 is 14.9. The molecule has 0 bridgehead atoms. The highest BCUT2D eigenvalue weighted by Gasteiger charge is 2.27. The number of aryl methyl sites for hydroxylation is 2. The molecule has 4 aromatic carbocycles. The smallest absolute Gasteiger partial charge is 0.347 e. The van der Waals surface area contributed by atoms with Gasteiger partial charge in [0.2, 0.25) is 0 Å². The van der Waals surface area contributed by atoms with E-state index in [0.29, 0.717) is 12.2 Å². The van der Waals surface area contributed by atoms with Crippen molar-refractivity contribution < 1.29 is 14.3 Å². The van der Waals surface area contributed by atoms with Gasteiger partial charge in [-0.25, -0.2) is 4.79 Å². The summed E-state index contributed by atoms with van der Waals surface area (Å²) in [5.41, 5.74) is 5.74. The number of benzene rings is 4. The predicted octanol–water partition coefficient (Wildman–Crippen LogP) is 10.5. The number of esters is 1. The van der Waals surface area contributed by atoms with Crippen molar-refractivity contribution >= 4 is 70.0 Å². The fourth-order valence-electron chi connectivity index (χ4n) is 5.28. The first-order chi connectivity index (χ1) is 19.2. The number of halogens is 2. The second-order valence-corrected chi connectivity index (χ2v) is 13.1. The molecule has 1 aromatic heterocycles. The lowest BCUT2D eigenvalue weighted by Crippen LogP contribution is -2.31. The summed E-state index contributed by atoms with van der Waals surface area (Å²) in [6.07, 6.45) is 0.591. The summed E-state index contributed by atoms with van der Waals surface area (Å²) in [5, 5.41) is 3.68. The first-order valence-corrected chi connectivity index (χ1v) is 15.9. The van der Waals surface area contributed by atoms with Gasteiger partial charge in [-0.3, -0.25) is 0 Å². The van der Waals surface area contributed by atoms with Crippen LogP contribution in [0.2, 0.25) is 0 Å². The van der Waals surface area contributed by atoms with Gasteiger partial charge in [-0.2, -0.15) is 0 Å². The number of carbonyl (C=O) groups excluding carboxylic acids is 1. The Bertz CT molecular complexity index is 1710. The average molecular weight is 681 g/mol. The Morgan fingerprint density at radius 1 is 0.975 bits per heavy atom. The number of hydrogen-bond acceptors (Lipinski definition) is 4. The first-order valence-electron chi connectivity index (χ1n) is 13.5. The molecule has 0 aliphatic carbocycles. The van der Waals surface area contributed by atoms with Gasteiger partial charge in [0.25, 0.3) is 0 Å². The Hall–Kier alpha value is -2.67. The zero-order valence-corrected chi connectivity index (χ0v) is 27.3. The van der Waals surface area contributed by atoms with Crippen molar-refractivity contribution in [2.45, 2.75) is 52.6 Å². The lowest BCUT2D eigenvalue weighted by atomic mass is 9.89. The van der Waals surface area contributed by atoms with Gasteiger partial charge in [0.15, 0.2) is 6.10 Å². The number of hydrogen-bond donors (Lipinski definition) is 0. The summed E-state index contributed by atoms with van der Waals surface area (Å²) in [7, 11) is 1.41. The van der Waals surface area contributed by atoms with Crippen molar-refractivity contribution in [2.75, 3.05) is 7.11 Å². The largest absolute Gasteiger partial charge is 0.477 e. The highest BCUT2D eigenvalue weighted by atomic mass is 79.9. The third-order valence-electron chi connectivity index (χ3n) is 7.76. The van der Waals surface area contributed by atoms with E-state index in [4.69, 9.17) is 9.47 Å². The molecule has 0 fully saturated rings. The second-order valence-electron chi connectivity index (χ2n) is 10.2. The van der Waals surface area contributed by atoms with Crippen molar-refractivity contribution in [2.24, 2.45) is 0 Å². The molecule has 1 heterocycles. The first kappa shape index (κ1) is 28.8. The molecule has 40 heavy (non-hydrogen) atoms. The van der Waals surface area contributed by atoms with Gasteiger partial charge in [-0.15, -0.1) is 11.3 Å². The van der Waals surface area contributed by atoms with Crippen LogP contribution in [0.1, 0.15) is 47.8 Å². The molecule has 5 aromatic rings. The van der Waals surface area contributed by atoms with E-state index in [1.54, 1.807) is 0 Å². The number of methoxy groups -OCH3 is 1. The number of thiophene rings is 1. The molecule has 0 N–H and O–H groups in total. The van der Waals surface area contributed by atoms with Crippen LogP contribution in [0.5, 0.6) is 5.75 Å². The van der Waals surface area contributed by atoms with Gasteiger partial charge in [-0.05, 0) is 109 Å². The molecule has 5 rings (SSSR count). The number of ether oxygens (including phenoxy) is 2. The SMILES string of the molecule is CCC(C)c1cc(-c2c3ccccc3c(Br)c3sc(C)c(C)c23)cc(Br)c1O[C@H](Cc1ccccc1)C(=O)OC. The Kier molecular flexibility index (Phi) is 8.69. The van der Waals surface area contributed by atoms with Crippen LogP contribution >= 0.6 is 43.2 Å². The Balaban J connectivity index is 1.72. The van der Waals surface area contributed by atoms with Crippen molar-refractivity contribution in [1.29, 1.82) is 0 Å². The van der Waals surface area contributed by atoms with Crippen molar-refractivity contribution in [3.05, 3.63) is 97.2 Å². The summed E-state index contributed by atoms with van der Waals surface area (Å²) in [6.45, 7) is 8.79. The Morgan fingerprint density at radius 2 is 1.65 bits per heavy atom. The molecule has 1 unspecified atom stereocenters. The van der Waals surface area contributed by atoms with E-state index in [2.05, 4.69) is 96.0 Å². The quantitative estimate of drug-likeness (QED) is 0.153. The average Bonchev–Trinajstić information content (AvgIpc) is 3.27. The van der Waals surface area contributed by atoms with Crippen LogP contribution in [0, 0.1) is 13.8 Å². The minimum atomic E-state index is -0.764. The summed E-state index contributed by atoms with van der Waals surface area (Å²) in [6, 6.07) is 22.9. The molecule has 206 valence electrons. The molecule has 0 radical (unpaired) electrons. The molecule has 0 aliphatic heterocycles. The van der Waals surface area contributed by atoms with Gasteiger partial charge in [0.05, 0.1) is 16.3 Å². The maximum Gasteiger partial charge on any atom is 0.347 e. The maximum absolute atomic E-state index is 12.9. The maximum atomic E-state index is 12.9. The summed E-state index contributed by atoms with van der Waals surface area (Å²) in [5.74, 6) is 0.518. The van der Waals surface area contributed by atoms with Gasteiger partial charge in [0, 0.05) is 21.2 Å². The predicted molar refractivity (Wildman–Crippen MR) is 175 cm³/mol. The van der Waals surface area contributed by atoms with Crippen LogP contribution < -0.4 is 4.74 Å². The highest BCUT2D eigenvalue weighted by Crippen LogP contribution is 2.49. The molecular formula is C34H32Br2O3S. The van der Waals surface area contributed by atoms with E-state index < -0.39 is 6.10 Å². The van der Waals surface area contributed by atoms with Gasteiger partial charge >= 0.3 is 5.97 Å². The zero-order valence-electron chi connectivity index (χ0n) is 23.3. The van der Waals surface area contributed by atoms with E-state index >= 15 is 0 Å². The van der Waals surface area contributed by atoms with Crippen LogP contribution in [0.15, 0.2) is 75.7 Å². The highest BCUT2D eigenvalue weighted by molar-refractivity contribution is 9.11. The van der Waals surface area contributed by atoms with E-state index in [1.165, 1.54) is 44.0 Å². The lowest BCUT2D eigenvalue weighted by molar-refractivity contribution is -0.148. The van der Waals surface area contributed by atoms with Gasteiger partial charge in [-0.1, -0.05) is 68.4 Å². The lowest BCUT2D eigenvalue weighted by Gasteiger charge is -2.24. The minimum Gasteiger partial charge on any atom is -0.477 e. The third kappa shape index (κ3) is 5.34. The molecule has 2 atom stereocenters. The summed E-state index contributed by atoms with van der Waals surface area (Å²) in [4.78, 5) is 14.2. The summed E-state index contributed by atoms with van der Waals surface area (Å²) >= 11 is 9.62. The van der Waals surface area contributed by atoms with Crippen LogP contribution in [0.4, 0.5) is 0 Å². The van der Waals surface area contributed by atoms with E-state index in [1.807, 2.05) is 41.7 Å². The normalized spacial score (nSPS) is 13.0. The third-order valence-corrected chi connectivity index (χ3v) is 10.7. The monoisotopic (exact) mass is 678 g/mol. The Morgan fingerprint density at radius 3 is 2.33 bits per heavy atom. The molecular weight excluding hydrogens is 648 g/mol. The fraction of sp³-hybridized carbons (Fsp3) is 0.265. The molecule has 0 amide bonds. The van der Waals surface area contributed by atoms with E-state index in [0.717, 1.165) is 32.1 Å². The van der Waals surface area contributed by atoms with Gasteiger partial charge < -0.3 is 9.47 Å². The van der Waals surface area contributed by atoms with Crippen LogP contribution in [0.25, 0.3) is 32.0 Å². The zero-order chi connectivity index (χ0) is 28.6. The van der Waals surface area contributed by atoms with E-state index in [-0.39, 0.29) is 11.9 Å². The molecule has 6 heteroatoms. The topological polar surface area (TPSA) is 35.5 Å². The standard InChI is InChI=1S/C34H32Br2O3S/c1-6-19(2)26-17-23(18-27(35)32(26)39-28(34(37)38-5)16-22-12-8-7-9-13-22)30-24-14-10-11-15-25(24)31(36)33-29(30)20(3)21(4)40-33/h7-15,17-19,28H,6,16H2,1-5H3/t19?,28-/m1/s1. The molecule has 0 saturated heterocycles. The van der Waals surface area contributed by atoms with E-state index in [9.17, 15) is 4.79 Å². The van der Waals surface area contributed by atoms with Crippen LogP contribution in [0.3, 0.4) is 0 Å².